The van der Waals surface area contributed by atoms with Gasteiger partial charge in [0.2, 0.25) is 0 Å². The Bertz CT molecular complexity index is 321. The van der Waals surface area contributed by atoms with E-state index < -0.39 is 0 Å². The summed E-state index contributed by atoms with van der Waals surface area (Å²) >= 11 is 4.38. The van der Waals surface area contributed by atoms with Crippen molar-refractivity contribution in [1.29, 1.82) is 0 Å². The molecule has 0 bridgehead atoms. The quantitative estimate of drug-likeness (QED) is 0.579. The van der Waals surface area contributed by atoms with Gasteiger partial charge in [-0.3, -0.25) is 4.99 Å². The predicted octanol–water partition coefficient (Wildman–Crippen LogP) is 2.59. The van der Waals surface area contributed by atoms with Gasteiger partial charge in [0, 0.05) is 11.1 Å². The third-order valence-electron chi connectivity index (χ3n) is 1.98. The Kier molecular flexibility index (Phi) is 4.70. The van der Waals surface area contributed by atoms with Gasteiger partial charge in [0.25, 0.3) is 0 Å². The van der Waals surface area contributed by atoms with E-state index in [4.69, 9.17) is 5.73 Å². The number of benzene rings is 1. The molecule has 0 saturated heterocycles. The maximum Gasteiger partial charge on any atom is 0.0758 e. The molecule has 2 nitrogen and oxygen atoms in total. The molecule has 0 unspecified atom stereocenters. The summed E-state index contributed by atoms with van der Waals surface area (Å²) in [5, 5.41) is 0. The highest BCUT2D eigenvalue weighted by atomic mass is 32.1. The van der Waals surface area contributed by atoms with Crippen LogP contribution in [0.25, 0.3) is 0 Å². The molecule has 0 radical (unpaired) electrons. The summed E-state index contributed by atoms with van der Waals surface area (Å²) in [4.78, 5) is 5.13. The lowest BCUT2D eigenvalue weighted by molar-refractivity contribution is 0.831. The van der Waals surface area contributed by atoms with Gasteiger partial charge in [-0.1, -0.05) is 6.07 Å². The molecular weight excluding hydrogens is 192 g/mol. The molecule has 1 rings (SSSR count). The first-order chi connectivity index (χ1) is 6.77. The van der Waals surface area contributed by atoms with Crippen LogP contribution in [-0.2, 0) is 6.42 Å². The lowest BCUT2D eigenvalue weighted by Gasteiger charge is -2.03. The molecule has 14 heavy (non-hydrogen) atoms. The van der Waals surface area contributed by atoms with Crippen molar-refractivity contribution >= 4 is 24.5 Å². The summed E-state index contributed by atoms with van der Waals surface area (Å²) in [5.41, 5.74) is 7.65. The van der Waals surface area contributed by atoms with Crippen LogP contribution >= 0.6 is 12.6 Å². The molecule has 0 aliphatic heterocycles. The van der Waals surface area contributed by atoms with Gasteiger partial charge in [-0.2, -0.15) is 0 Å². The highest BCUT2D eigenvalue weighted by Crippen LogP contribution is 2.24. The molecule has 0 atom stereocenters. The molecule has 3 heteroatoms. The Labute approximate surface area is 90.6 Å². The van der Waals surface area contributed by atoms with Crippen LogP contribution in [0.5, 0.6) is 0 Å². The fourth-order valence-electron chi connectivity index (χ4n) is 1.28. The van der Waals surface area contributed by atoms with Crippen LogP contribution in [0.15, 0.2) is 28.1 Å². The third-order valence-corrected chi connectivity index (χ3v) is 2.34. The second kappa shape index (κ2) is 5.83. The summed E-state index contributed by atoms with van der Waals surface area (Å²) in [5.74, 6) is 0. The minimum atomic E-state index is 0.733. The van der Waals surface area contributed by atoms with Crippen molar-refractivity contribution in [1.82, 2.24) is 0 Å². The monoisotopic (exact) mass is 208 g/mol. The van der Waals surface area contributed by atoms with Crippen molar-refractivity contribution < 1.29 is 0 Å². The standard InChI is InChI=1S/C11H16N2S/c1-2-13-10-6-5-9(4-3-7-12)8-11(10)14/h2,5-6,8,14H,3-4,7,12H2,1H3. The van der Waals surface area contributed by atoms with Gasteiger partial charge in [0.15, 0.2) is 0 Å². The molecule has 2 N–H and O–H groups in total. The maximum absolute atomic E-state index is 5.45. The zero-order valence-corrected chi connectivity index (χ0v) is 9.30. The van der Waals surface area contributed by atoms with E-state index in [1.165, 1.54) is 5.56 Å². The molecule has 0 aliphatic rings. The van der Waals surface area contributed by atoms with Gasteiger partial charge in [-0.25, -0.2) is 0 Å². The minimum Gasteiger partial charge on any atom is -0.330 e. The number of hydrogen-bond donors (Lipinski definition) is 2. The lowest BCUT2D eigenvalue weighted by Crippen LogP contribution is -2.00. The lowest BCUT2D eigenvalue weighted by atomic mass is 10.1. The van der Waals surface area contributed by atoms with Gasteiger partial charge in [-0.05, 0) is 44.0 Å². The Hall–Kier alpha value is -0.800. The highest BCUT2D eigenvalue weighted by Gasteiger charge is 1.98. The number of thiol groups is 1. The second-order valence-corrected chi connectivity index (χ2v) is 3.58. The predicted molar refractivity (Wildman–Crippen MR) is 64.9 cm³/mol. The van der Waals surface area contributed by atoms with Gasteiger partial charge in [-0.15, -0.1) is 12.6 Å². The maximum atomic E-state index is 5.45. The van der Waals surface area contributed by atoms with Crippen molar-refractivity contribution in [3.05, 3.63) is 23.8 Å². The molecule has 0 saturated carbocycles. The Balaban J connectivity index is 2.78. The van der Waals surface area contributed by atoms with Crippen LogP contribution in [0.1, 0.15) is 18.9 Å². The molecule has 1 aromatic rings. The van der Waals surface area contributed by atoms with E-state index in [0.29, 0.717) is 0 Å². The molecule has 0 aromatic heterocycles. The topological polar surface area (TPSA) is 38.4 Å². The van der Waals surface area contributed by atoms with Crippen LogP contribution in [-0.4, -0.2) is 12.8 Å². The molecular formula is C11H16N2S. The molecule has 0 spiro atoms. The number of aryl methyl sites for hydroxylation is 1. The SMILES string of the molecule is CC=Nc1ccc(CCCN)cc1S. The van der Waals surface area contributed by atoms with Gasteiger partial charge in [0.05, 0.1) is 5.69 Å². The Morgan fingerprint density at radius 1 is 1.50 bits per heavy atom. The van der Waals surface area contributed by atoms with E-state index >= 15 is 0 Å². The average molecular weight is 208 g/mol. The van der Waals surface area contributed by atoms with E-state index in [-0.39, 0.29) is 0 Å². The summed E-state index contributed by atoms with van der Waals surface area (Å²) in [6.45, 7) is 2.63. The van der Waals surface area contributed by atoms with E-state index in [0.717, 1.165) is 30.0 Å². The van der Waals surface area contributed by atoms with Crippen molar-refractivity contribution in [3.63, 3.8) is 0 Å². The number of aliphatic imine (C=N–C) groups is 1. The fourth-order valence-corrected chi connectivity index (χ4v) is 1.58. The smallest absolute Gasteiger partial charge is 0.0758 e. The first-order valence-electron chi connectivity index (χ1n) is 4.78. The largest absolute Gasteiger partial charge is 0.330 e. The average Bonchev–Trinajstić information content (AvgIpc) is 2.19. The van der Waals surface area contributed by atoms with Crippen LogP contribution < -0.4 is 5.73 Å². The summed E-state index contributed by atoms with van der Waals surface area (Å²) in [7, 11) is 0. The van der Waals surface area contributed by atoms with Crippen LogP contribution in [0, 0.1) is 0 Å². The van der Waals surface area contributed by atoms with Crippen molar-refractivity contribution in [2.45, 2.75) is 24.7 Å². The Morgan fingerprint density at radius 2 is 2.29 bits per heavy atom. The van der Waals surface area contributed by atoms with E-state index in [1.54, 1.807) is 6.21 Å². The van der Waals surface area contributed by atoms with Crippen LogP contribution in [0.2, 0.25) is 0 Å². The van der Waals surface area contributed by atoms with E-state index in [2.05, 4.69) is 29.8 Å². The van der Waals surface area contributed by atoms with Crippen LogP contribution in [0.4, 0.5) is 5.69 Å². The summed E-state index contributed by atoms with van der Waals surface area (Å²) in [6, 6.07) is 6.13. The van der Waals surface area contributed by atoms with Gasteiger partial charge in [0.1, 0.15) is 0 Å². The number of rotatable bonds is 4. The molecule has 1 aromatic carbocycles. The fraction of sp³-hybridized carbons (Fsp3) is 0.364. The number of hydrogen-bond acceptors (Lipinski definition) is 3. The second-order valence-electron chi connectivity index (χ2n) is 3.10. The zero-order chi connectivity index (χ0) is 10.4. The molecule has 0 fully saturated rings. The highest BCUT2D eigenvalue weighted by molar-refractivity contribution is 7.80. The van der Waals surface area contributed by atoms with Crippen LogP contribution in [0.3, 0.4) is 0 Å². The number of nitrogens with zero attached hydrogens (tertiary/aromatic N) is 1. The van der Waals surface area contributed by atoms with E-state index in [9.17, 15) is 0 Å². The summed E-state index contributed by atoms with van der Waals surface area (Å²) in [6.07, 6.45) is 3.80. The molecule has 0 aliphatic carbocycles. The third kappa shape index (κ3) is 3.16. The van der Waals surface area contributed by atoms with Gasteiger partial charge < -0.3 is 5.73 Å². The first kappa shape index (κ1) is 11.3. The summed E-state index contributed by atoms with van der Waals surface area (Å²) < 4.78 is 0. The van der Waals surface area contributed by atoms with Crippen molar-refractivity contribution in [2.75, 3.05) is 6.54 Å². The minimum absolute atomic E-state index is 0.733. The Morgan fingerprint density at radius 3 is 2.86 bits per heavy atom. The molecule has 76 valence electrons. The zero-order valence-electron chi connectivity index (χ0n) is 8.40. The van der Waals surface area contributed by atoms with Crippen molar-refractivity contribution in [3.8, 4) is 0 Å². The van der Waals surface area contributed by atoms with Crippen molar-refractivity contribution in [2.24, 2.45) is 10.7 Å². The first-order valence-corrected chi connectivity index (χ1v) is 5.23. The molecule has 0 heterocycles. The normalized spacial score (nSPS) is 11.1. The van der Waals surface area contributed by atoms with Gasteiger partial charge >= 0.3 is 0 Å². The number of nitrogens with two attached hydrogens (primary N) is 1. The van der Waals surface area contributed by atoms with E-state index in [1.807, 2.05) is 13.0 Å². The molecule has 0 amide bonds.